The SMILES string of the molecule is COC(=O)c1cccc(NN2CC=C(C)O2)c1O. The van der Waals surface area contributed by atoms with Gasteiger partial charge in [0.25, 0.3) is 0 Å². The van der Waals surface area contributed by atoms with Crippen LogP contribution in [0.15, 0.2) is 30.0 Å². The number of ether oxygens (including phenoxy) is 1. The number of esters is 1. The number of hydrogen-bond donors (Lipinski definition) is 2. The van der Waals surface area contributed by atoms with Crippen LogP contribution in [-0.4, -0.2) is 29.9 Å². The monoisotopic (exact) mass is 250 g/mol. The van der Waals surface area contributed by atoms with E-state index in [0.29, 0.717) is 12.2 Å². The molecule has 6 heteroatoms. The molecule has 2 rings (SSSR count). The van der Waals surface area contributed by atoms with E-state index in [-0.39, 0.29) is 11.3 Å². The molecular weight excluding hydrogens is 236 g/mol. The summed E-state index contributed by atoms with van der Waals surface area (Å²) in [4.78, 5) is 16.7. The van der Waals surface area contributed by atoms with Crippen molar-refractivity contribution in [2.45, 2.75) is 6.92 Å². The fourth-order valence-electron chi connectivity index (χ4n) is 1.57. The fraction of sp³-hybridized carbons (Fsp3) is 0.250. The third kappa shape index (κ3) is 2.38. The first-order valence-electron chi connectivity index (χ1n) is 5.41. The van der Waals surface area contributed by atoms with Crippen molar-refractivity contribution in [3.05, 3.63) is 35.6 Å². The highest BCUT2D eigenvalue weighted by Gasteiger charge is 2.18. The summed E-state index contributed by atoms with van der Waals surface area (Å²) >= 11 is 0. The van der Waals surface area contributed by atoms with Crippen molar-refractivity contribution >= 4 is 11.7 Å². The van der Waals surface area contributed by atoms with Gasteiger partial charge in [0.05, 0.1) is 19.3 Å². The van der Waals surface area contributed by atoms with Crippen LogP contribution in [0.5, 0.6) is 5.75 Å². The number of aromatic hydroxyl groups is 1. The zero-order valence-electron chi connectivity index (χ0n) is 10.1. The Balaban J connectivity index is 2.16. The number of benzene rings is 1. The summed E-state index contributed by atoms with van der Waals surface area (Å²) in [7, 11) is 1.26. The number of phenols is 1. The van der Waals surface area contributed by atoms with Crippen LogP contribution in [0.1, 0.15) is 17.3 Å². The summed E-state index contributed by atoms with van der Waals surface area (Å²) in [6, 6.07) is 4.77. The van der Waals surface area contributed by atoms with Crippen molar-refractivity contribution in [1.82, 2.24) is 5.17 Å². The minimum Gasteiger partial charge on any atom is -0.505 e. The van der Waals surface area contributed by atoms with Gasteiger partial charge in [0.1, 0.15) is 11.3 Å². The molecule has 2 N–H and O–H groups in total. The first-order chi connectivity index (χ1) is 8.61. The van der Waals surface area contributed by atoms with Gasteiger partial charge < -0.3 is 14.7 Å². The second-order valence-corrected chi connectivity index (χ2v) is 3.77. The zero-order chi connectivity index (χ0) is 13.1. The molecule has 1 aromatic rings. The number of methoxy groups -OCH3 is 1. The van der Waals surface area contributed by atoms with E-state index in [0.717, 1.165) is 5.76 Å². The number of allylic oxidation sites excluding steroid dienone is 1. The van der Waals surface area contributed by atoms with Gasteiger partial charge in [-0.05, 0) is 25.1 Å². The topological polar surface area (TPSA) is 71.0 Å². The van der Waals surface area contributed by atoms with Gasteiger partial charge in [0.2, 0.25) is 0 Å². The Morgan fingerprint density at radius 3 is 2.94 bits per heavy atom. The van der Waals surface area contributed by atoms with Crippen LogP contribution in [0.4, 0.5) is 5.69 Å². The number of carbonyl (C=O) groups excluding carboxylic acids is 1. The van der Waals surface area contributed by atoms with Crippen LogP contribution < -0.4 is 5.43 Å². The lowest BCUT2D eigenvalue weighted by molar-refractivity contribution is -0.0668. The van der Waals surface area contributed by atoms with E-state index in [4.69, 9.17) is 4.84 Å². The molecule has 0 saturated heterocycles. The molecule has 1 heterocycles. The highest BCUT2D eigenvalue weighted by molar-refractivity contribution is 5.94. The number of nitrogens with one attached hydrogen (secondary N) is 1. The maximum atomic E-state index is 11.4. The molecule has 0 fully saturated rings. The van der Waals surface area contributed by atoms with Gasteiger partial charge in [-0.3, -0.25) is 5.43 Å². The van der Waals surface area contributed by atoms with Gasteiger partial charge in [0.15, 0.2) is 5.75 Å². The van der Waals surface area contributed by atoms with Crippen molar-refractivity contribution in [2.24, 2.45) is 0 Å². The van der Waals surface area contributed by atoms with E-state index in [1.807, 2.05) is 13.0 Å². The van der Waals surface area contributed by atoms with Gasteiger partial charge in [-0.25, -0.2) is 4.79 Å². The fourth-order valence-corrected chi connectivity index (χ4v) is 1.57. The molecule has 0 radical (unpaired) electrons. The summed E-state index contributed by atoms with van der Waals surface area (Å²) in [5.41, 5.74) is 3.34. The van der Waals surface area contributed by atoms with E-state index in [2.05, 4.69) is 10.2 Å². The third-order valence-corrected chi connectivity index (χ3v) is 2.49. The molecule has 0 aromatic heterocycles. The maximum Gasteiger partial charge on any atom is 0.341 e. The number of hydrogen-bond acceptors (Lipinski definition) is 6. The van der Waals surface area contributed by atoms with E-state index >= 15 is 0 Å². The standard InChI is InChI=1S/C12H14N2O4/c1-8-6-7-14(18-8)13-10-5-3-4-9(11(10)15)12(16)17-2/h3-6,13,15H,7H2,1-2H3. The second kappa shape index (κ2) is 4.97. The lowest BCUT2D eigenvalue weighted by Gasteiger charge is -2.19. The zero-order valence-corrected chi connectivity index (χ0v) is 10.1. The summed E-state index contributed by atoms with van der Waals surface area (Å²) in [6.45, 7) is 2.38. The summed E-state index contributed by atoms with van der Waals surface area (Å²) in [6.07, 6.45) is 1.88. The van der Waals surface area contributed by atoms with Crippen molar-refractivity contribution in [3.8, 4) is 5.75 Å². The minimum atomic E-state index is -0.590. The Bertz CT molecular complexity index is 499. The number of nitrogens with zero attached hydrogens (tertiary/aromatic N) is 1. The van der Waals surface area contributed by atoms with E-state index in [9.17, 15) is 9.90 Å². The average Bonchev–Trinajstić information content (AvgIpc) is 2.76. The molecule has 6 nitrogen and oxygen atoms in total. The van der Waals surface area contributed by atoms with Gasteiger partial charge in [-0.1, -0.05) is 11.2 Å². The van der Waals surface area contributed by atoms with Crippen LogP contribution >= 0.6 is 0 Å². The van der Waals surface area contributed by atoms with Crippen LogP contribution in [0.25, 0.3) is 0 Å². The van der Waals surface area contributed by atoms with Gasteiger partial charge in [-0.15, -0.1) is 0 Å². The Labute approximate surface area is 104 Å². The molecule has 0 bridgehead atoms. The molecule has 0 spiro atoms. The van der Waals surface area contributed by atoms with E-state index in [1.165, 1.54) is 18.3 Å². The number of carbonyl (C=O) groups is 1. The lowest BCUT2D eigenvalue weighted by Crippen LogP contribution is -2.26. The molecule has 0 aliphatic carbocycles. The van der Waals surface area contributed by atoms with Crippen molar-refractivity contribution in [3.63, 3.8) is 0 Å². The molecule has 1 aliphatic heterocycles. The number of phenolic OH excluding ortho intramolecular Hbond substituents is 1. The van der Waals surface area contributed by atoms with Crippen LogP contribution in [0.3, 0.4) is 0 Å². The Morgan fingerprint density at radius 2 is 2.33 bits per heavy atom. The van der Waals surface area contributed by atoms with Crippen molar-refractivity contribution in [2.75, 3.05) is 19.1 Å². The normalized spacial score (nSPS) is 14.9. The van der Waals surface area contributed by atoms with Gasteiger partial charge >= 0.3 is 5.97 Å². The van der Waals surface area contributed by atoms with Crippen LogP contribution in [0.2, 0.25) is 0 Å². The lowest BCUT2D eigenvalue weighted by atomic mass is 10.2. The molecule has 0 amide bonds. The highest BCUT2D eigenvalue weighted by Crippen LogP contribution is 2.29. The Kier molecular flexibility index (Phi) is 3.38. The molecule has 0 atom stereocenters. The molecule has 18 heavy (non-hydrogen) atoms. The predicted molar refractivity (Wildman–Crippen MR) is 64.6 cm³/mol. The predicted octanol–water partition coefficient (Wildman–Crippen LogP) is 1.66. The van der Waals surface area contributed by atoms with E-state index in [1.54, 1.807) is 12.1 Å². The number of hydrazine groups is 1. The maximum absolute atomic E-state index is 11.4. The molecule has 96 valence electrons. The number of anilines is 1. The van der Waals surface area contributed by atoms with Gasteiger partial charge in [-0.2, -0.15) is 0 Å². The van der Waals surface area contributed by atoms with Crippen LogP contribution in [0, 0.1) is 0 Å². The highest BCUT2D eigenvalue weighted by atomic mass is 16.7. The molecule has 1 aromatic carbocycles. The molecule has 1 aliphatic rings. The van der Waals surface area contributed by atoms with Crippen molar-refractivity contribution in [1.29, 1.82) is 0 Å². The summed E-state index contributed by atoms with van der Waals surface area (Å²) < 4.78 is 4.58. The molecular formula is C12H14N2O4. The van der Waals surface area contributed by atoms with E-state index < -0.39 is 5.97 Å². The van der Waals surface area contributed by atoms with Crippen LogP contribution in [-0.2, 0) is 9.57 Å². The Hall–Kier alpha value is -2.21. The molecule has 0 saturated carbocycles. The number of rotatable bonds is 3. The number of hydroxylamine groups is 1. The first-order valence-corrected chi connectivity index (χ1v) is 5.41. The second-order valence-electron chi connectivity index (χ2n) is 3.77. The smallest absolute Gasteiger partial charge is 0.341 e. The minimum absolute atomic E-state index is 0.103. The molecule has 0 unspecified atom stereocenters. The third-order valence-electron chi connectivity index (χ3n) is 2.49. The summed E-state index contributed by atoms with van der Waals surface area (Å²) in [5, 5.41) is 11.4. The van der Waals surface area contributed by atoms with Crippen molar-refractivity contribution < 1.29 is 19.5 Å². The quantitative estimate of drug-likeness (QED) is 0.628. The average molecular weight is 250 g/mol. The summed E-state index contributed by atoms with van der Waals surface area (Å²) in [5.74, 6) is 0.0106. The van der Waals surface area contributed by atoms with Gasteiger partial charge in [0, 0.05) is 0 Å². The number of para-hydroxylation sites is 1. The Morgan fingerprint density at radius 1 is 1.56 bits per heavy atom. The first kappa shape index (κ1) is 12.3. The largest absolute Gasteiger partial charge is 0.505 e.